The van der Waals surface area contributed by atoms with Gasteiger partial charge in [-0.3, -0.25) is 0 Å². The standard InChI is InChI=1S/C22H24Cl2F3N5O2/c23-16-4-1-12(7-17(16)24)18(9-22(25,26)27)31-21(34)32-6-5-13-10-28-20(30-19(13)11-32)29-14-2-3-15(33)8-14/h1,4,7,10,14-15,18,33H,2-3,5-6,8-9,11H2,(H,31,34)(H,28,29,30)/t14-,15-,18?/m0/s1. The van der Waals surface area contributed by atoms with Crippen LogP contribution < -0.4 is 10.6 Å². The number of carbonyl (C=O) groups is 1. The van der Waals surface area contributed by atoms with E-state index in [2.05, 4.69) is 20.6 Å². The lowest BCUT2D eigenvalue weighted by atomic mass is 10.0. The van der Waals surface area contributed by atoms with Crippen LogP contribution in [0.15, 0.2) is 24.4 Å². The van der Waals surface area contributed by atoms with Crippen LogP contribution in [0.4, 0.5) is 23.9 Å². The van der Waals surface area contributed by atoms with E-state index in [9.17, 15) is 23.1 Å². The summed E-state index contributed by atoms with van der Waals surface area (Å²) in [4.78, 5) is 23.2. The molecule has 4 rings (SSSR count). The van der Waals surface area contributed by atoms with Gasteiger partial charge in [-0.05, 0) is 48.9 Å². The van der Waals surface area contributed by atoms with E-state index in [0.29, 0.717) is 37.4 Å². The number of fused-ring (bicyclic) bond motifs is 1. The number of aromatic nitrogens is 2. The largest absolute Gasteiger partial charge is 0.393 e. The molecule has 184 valence electrons. The topological polar surface area (TPSA) is 90.4 Å². The third-order valence-electron chi connectivity index (χ3n) is 6.05. The monoisotopic (exact) mass is 517 g/mol. The molecule has 3 atom stereocenters. The zero-order valence-corrected chi connectivity index (χ0v) is 19.6. The van der Waals surface area contributed by atoms with Gasteiger partial charge in [-0.2, -0.15) is 13.2 Å². The first-order valence-electron chi connectivity index (χ1n) is 10.9. The number of aliphatic hydroxyl groups excluding tert-OH is 1. The molecule has 2 aromatic rings. The van der Waals surface area contributed by atoms with Crippen LogP contribution in [-0.4, -0.2) is 50.9 Å². The Morgan fingerprint density at radius 1 is 1.26 bits per heavy atom. The zero-order chi connectivity index (χ0) is 24.5. The Kier molecular flexibility index (Phi) is 7.39. The predicted octanol–water partition coefficient (Wildman–Crippen LogP) is 4.87. The summed E-state index contributed by atoms with van der Waals surface area (Å²) in [5.41, 5.74) is 1.74. The number of rotatable bonds is 5. The van der Waals surface area contributed by atoms with Gasteiger partial charge in [0.1, 0.15) is 0 Å². The molecule has 7 nitrogen and oxygen atoms in total. The van der Waals surface area contributed by atoms with Gasteiger partial charge in [0.2, 0.25) is 5.95 Å². The quantitative estimate of drug-likeness (QED) is 0.526. The lowest BCUT2D eigenvalue weighted by Gasteiger charge is -2.31. The highest BCUT2D eigenvalue weighted by Gasteiger charge is 2.35. The highest BCUT2D eigenvalue weighted by atomic mass is 35.5. The predicted molar refractivity (Wildman–Crippen MR) is 122 cm³/mol. The Hall–Kier alpha value is -2.30. The maximum atomic E-state index is 13.2. The molecule has 2 aliphatic rings. The summed E-state index contributed by atoms with van der Waals surface area (Å²) in [5, 5.41) is 15.7. The SMILES string of the molecule is O=C(NC(CC(F)(F)F)c1ccc(Cl)c(Cl)c1)N1CCc2cnc(N[C@H]3CC[C@H](O)C3)nc2C1. The van der Waals surface area contributed by atoms with Crippen molar-refractivity contribution in [2.24, 2.45) is 0 Å². The second-order valence-electron chi connectivity index (χ2n) is 8.64. The Balaban J connectivity index is 1.46. The molecule has 2 heterocycles. The minimum atomic E-state index is -4.50. The molecule has 34 heavy (non-hydrogen) atoms. The highest BCUT2D eigenvalue weighted by molar-refractivity contribution is 6.42. The third kappa shape index (κ3) is 6.22. The van der Waals surface area contributed by atoms with Gasteiger partial charge >= 0.3 is 12.2 Å². The van der Waals surface area contributed by atoms with Crippen molar-refractivity contribution < 1.29 is 23.1 Å². The molecule has 1 unspecified atom stereocenters. The van der Waals surface area contributed by atoms with Crippen molar-refractivity contribution in [3.63, 3.8) is 0 Å². The molecule has 0 radical (unpaired) electrons. The summed E-state index contributed by atoms with van der Waals surface area (Å²) in [7, 11) is 0. The van der Waals surface area contributed by atoms with Gasteiger partial charge in [0.05, 0.1) is 40.9 Å². The van der Waals surface area contributed by atoms with E-state index in [4.69, 9.17) is 23.2 Å². The second-order valence-corrected chi connectivity index (χ2v) is 9.45. The number of anilines is 1. The van der Waals surface area contributed by atoms with Crippen molar-refractivity contribution in [3.8, 4) is 0 Å². The van der Waals surface area contributed by atoms with E-state index in [-0.39, 0.29) is 34.3 Å². The molecule has 1 fully saturated rings. The number of carbonyl (C=O) groups excluding carboxylic acids is 1. The molecule has 12 heteroatoms. The second kappa shape index (κ2) is 10.1. The molecule has 3 N–H and O–H groups in total. The summed E-state index contributed by atoms with van der Waals surface area (Å²) in [6.45, 7) is 0.468. The molecular formula is C22H24Cl2F3N5O2. The van der Waals surface area contributed by atoms with Crippen molar-refractivity contribution >= 4 is 35.2 Å². The lowest BCUT2D eigenvalue weighted by Crippen LogP contribution is -2.45. The number of benzene rings is 1. The number of alkyl halides is 3. The number of hydrogen-bond acceptors (Lipinski definition) is 5. The van der Waals surface area contributed by atoms with E-state index >= 15 is 0 Å². The van der Waals surface area contributed by atoms with Gasteiger partial charge in [-0.25, -0.2) is 14.8 Å². The Labute approximate surface area is 204 Å². The van der Waals surface area contributed by atoms with E-state index in [1.165, 1.54) is 23.1 Å². The molecule has 1 aromatic carbocycles. The number of nitrogens with zero attached hydrogens (tertiary/aromatic N) is 3. The van der Waals surface area contributed by atoms with Crippen molar-refractivity contribution in [3.05, 3.63) is 51.3 Å². The summed E-state index contributed by atoms with van der Waals surface area (Å²) in [6.07, 6.45) is -1.75. The molecule has 0 bridgehead atoms. The van der Waals surface area contributed by atoms with Crippen molar-refractivity contribution in [1.82, 2.24) is 20.2 Å². The summed E-state index contributed by atoms with van der Waals surface area (Å²) in [6, 6.07) is 2.28. The van der Waals surface area contributed by atoms with Crippen LogP contribution in [0.3, 0.4) is 0 Å². The van der Waals surface area contributed by atoms with Crippen molar-refractivity contribution in [1.29, 1.82) is 0 Å². The number of urea groups is 1. The maximum Gasteiger partial charge on any atom is 0.391 e. The van der Waals surface area contributed by atoms with Gasteiger partial charge in [0, 0.05) is 18.8 Å². The van der Waals surface area contributed by atoms with Crippen LogP contribution >= 0.6 is 23.2 Å². The smallest absolute Gasteiger partial charge is 0.391 e. The molecule has 0 spiro atoms. The van der Waals surface area contributed by atoms with E-state index in [1.54, 1.807) is 6.20 Å². The van der Waals surface area contributed by atoms with Gasteiger partial charge in [0.25, 0.3) is 0 Å². The number of halogens is 5. The number of aliphatic hydroxyl groups is 1. The molecule has 2 amide bonds. The van der Waals surface area contributed by atoms with Crippen LogP contribution in [0, 0.1) is 0 Å². The first-order valence-corrected chi connectivity index (χ1v) is 11.7. The normalized spacial score (nSPS) is 21.2. The zero-order valence-electron chi connectivity index (χ0n) is 18.1. The van der Waals surface area contributed by atoms with Crippen LogP contribution in [0.25, 0.3) is 0 Å². The van der Waals surface area contributed by atoms with Crippen LogP contribution in [0.2, 0.25) is 10.0 Å². The third-order valence-corrected chi connectivity index (χ3v) is 6.79. The lowest BCUT2D eigenvalue weighted by molar-refractivity contribution is -0.139. The van der Waals surface area contributed by atoms with Crippen LogP contribution in [0.5, 0.6) is 0 Å². The number of nitrogens with one attached hydrogen (secondary N) is 2. The number of amides is 2. The van der Waals surface area contributed by atoms with E-state index in [0.717, 1.165) is 12.0 Å². The molecular weight excluding hydrogens is 494 g/mol. The molecule has 1 aromatic heterocycles. The van der Waals surface area contributed by atoms with Crippen molar-refractivity contribution in [2.45, 2.75) is 63.0 Å². The summed E-state index contributed by atoms with van der Waals surface area (Å²) in [5.74, 6) is 0.408. The van der Waals surface area contributed by atoms with Gasteiger partial charge in [-0.1, -0.05) is 29.3 Å². The van der Waals surface area contributed by atoms with Gasteiger partial charge in [-0.15, -0.1) is 0 Å². The van der Waals surface area contributed by atoms with Crippen LogP contribution in [-0.2, 0) is 13.0 Å². The Morgan fingerprint density at radius 3 is 2.74 bits per heavy atom. The Bertz CT molecular complexity index is 1060. The van der Waals surface area contributed by atoms with E-state index in [1.807, 2.05) is 0 Å². The fraction of sp³-hybridized carbons (Fsp3) is 0.500. The van der Waals surface area contributed by atoms with Crippen molar-refractivity contribution in [2.75, 3.05) is 11.9 Å². The van der Waals surface area contributed by atoms with Gasteiger partial charge in [0.15, 0.2) is 0 Å². The maximum absolute atomic E-state index is 13.2. The first kappa shape index (κ1) is 24.8. The molecule has 0 saturated heterocycles. The van der Waals surface area contributed by atoms with Gasteiger partial charge < -0.3 is 20.6 Å². The molecule has 1 aliphatic carbocycles. The summed E-state index contributed by atoms with van der Waals surface area (Å²) < 4.78 is 39.7. The highest BCUT2D eigenvalue weighted by Crippen LogP contribution is 2.33. The van der Waals surface area contributed by atoms with Crippen LogP contribution in [0.1, 0.15) is 48.5 Å². The number of hydrogen-bond donors (Lipinski definition) is 3. The molecule has 1 saturated carbocycles. The summed E-state index contributed by atoms with van der Waals surface area (Å²) >= 11 is 11.9. The minimum Gasteiger partial charge on any atom is -0.393 e. The first-order chi connectivity index (χ1) is 16.1. The average Bonchev–Trinajstić information content (AvgIpc) is 3.18. The fourth-order valence-electron chi connectivity index (χ4n) is 4.27. The average molecular weight is 518 g/mol. The fourth-order valence-corrected chi connectivity index (χ4v) is 4.58. The van der Waals surface area contributed by atoms with E-state index < -0.39 is 24.7 Å². The molecule has 1 aliphatic heterocycles. The Morgan fingerprint density at radius 2 is 2.06 bits per heavy atom. The minimum absolute atomic E-state index is 0.0744.